The third kappa shape index (κ3) is 3.76. The Morgan fingerprint density at radius 1 is 1.20 bits per heavy atom. The van der Waals surface area contributed by atoms with Gasteiger partial charge in [0.2, 0.25) is 0 Å². The number of carbonyl (C=O) groups excluding carboxylic acids is 1. The van der Waals surface area contributed by atoms with Gasteiger partial charge in [0, 0.05) is 50.1 Å². The fourth-order valence-corrected chi connectivity index (χ4v) is 4.41. The lowest BCUT2D eigenvalue weighted by Crippen LogP contribution is -2.51. The standard InChI is InChI=1S/C19H23N3O2S/c1-14-11-17(19(23)24-14)22-9-7-21(8-10-22)12-16-13-25-18(20-16)15-5-3-2-4-6-15/h2-6,13-14,17H,7-12H2,1H3. The van der Waals surface area contributed by atoms with Gasteiger partial charge in [-0.05, 0) is 6.92 Å². The molecule has 0 saturated carbocycles. The number of hydrogen-bond acceptors (Lipinski definition) is 6. The van der Waals surface area contributed by atoms with Crippen LogP contribution < -0.4 is 0 Å². The number of piperazine rings is 1. The molecule has 0 spiro atoms. The van der Waals surface area contributed by atoms with Crippen LogP contribution in [0.5, 0.6) is 0 Å². The largest absolute Gasteiger partial charge is 0.461 e. The lowest BCUT2D eigenvalue weighted by molar-refractivity contribution is -0.145. The molecule has 2 aromatic rings. The van der Waals surface area contributed by atoms with Gasteiger partial charge in [-0.2, -0.15) is 0 Å². The molecule has 2 atom stereocenters. The summed E-state index contributed by atoms with van der Waals surface area (Å²) in [7, 11) is 0. The first-order valence-corrected chi connectivity index (χ1v) is 9.74. The first-order valence-electron chi connectivity index (χ1n) is 8.86. The van der Waals surface area contributed by atoms with E-state index < -0.39 is 0 Å². The molecule has 1 aromatic carbocycles. The van der Waals surface area contributed by atoms with E-state index in [2.05, 4.69) is 27.3 Å². The van der Waals surface area contributed by atoms with Crippen LogP contribution in [0.1, 0.15) is 19.0 Å². The molecular weight excluding hydrogens is 334 g/mol. The molecule has 2 saturated heterocycles. The van der Waals surface area contributed by atoms with E-state index in [9.17, 15) is 4.79 Å². The van der Waals surface area contributed by atoms with E-state index in [-0.39, 0.29) is 18.1 Å². The van der Waals surface area contributed by atoms with Gasteiger partial charge in [0.25, 0.3) is 0 Å². The van der Waals surface area contributed by atoms with Crippen molar-refractivity contribution in [1.29, 1.82) is 0 Å². The number of ether oxygens (including phenoxy) is 1. The van der Waals surface area contributed by atoms with Gasteiger partial charge in [0.15, 0.2) is 0 Å². The number of rotatable bonds is 4. The molecule has 2 fully saturated rings. The van der Waals surface area contributed by atoms with Crippen LogP contribution in [0.25, 0.3) is 10.6 Å². The van der Waals surface area contributed by atoms with Crippen molar-refractivity contribution in [2.45, 2.75) is 32.0 Å². The molecule has 0 N–H and O–H groups in total. The van der Waals surface area contributed by atoms with Gasteiger partial charge < -0.3 is 4.74 Å². The summed E-state index contributed by atoms with van der Waals surface area (Å²) in [5.41, 5.74) is 2.31. The van der Waals surface area contributed by atoms with Crippen molar-refractivity contribution in [3.63, 3.8) is 0 Å². The number of esters is 1. The minimum atomic E-state index is -0.0482. The highest BCUT2D eigenvalue weighted by molar-refractivity contribution is 7.13. The molecule has 0 amide bonds. The number of thiazole rings is 1. The maximum atomic E-state index is 11.9. The van der Waals surface area contributed by atoms with E-state index in [0.717, 1.165) is 49.8 Å². The average Bonchev–Trinajstić information content (AvgIpc) is 3.23. The molecule has 2 unspecified atom stereocenters. The van der Waals surface area contributed by atoms with Crippen LogP contribution >= 0.6 is 11.3 Å². The Labute approximate surface area is 152 Å². The SMILES string of the molecule is CC1CC(N2CCN(Cc3csc(-c4ccccc4)n3)CC2)C(=O)O1. The zero-order valence-corrected chi connectivity index (χ0v) is 15.2. The number of carbonyl (C=O) groups is 1. The Bertz CT molecular complexity index is 725. The Hall–Kier alpha value is -1.76. The van der Waals surface area contributed by atoms with Crippen molar-refractivity contribution in [3.8, 4) is 10.6 Å². The predicted molar refractivity (Wildman–Crippen MR) is 98.4 cm³/mol. The summed E-state index contributed by atoms with van der Waals surface area (Å²) in [6.07, 6.45) is 0.882. The maximum absolute atomic E-state index is 11.9. The van der Waals surface area contributed by atoms with Gasteiger partial charge in [-0.3, -0.25) is 14.6 Å². The Balaban J connectivity index is 1.32. The lowest BCUT2D eigenvalue weighted by atomic mass is 10.1. The molecule has 0 bridgehead atoms. The quantitative estimate of drug-likeness (QED) is 0.787. The summed E-state index contributed by atoms with van der Waals surface area (Å²) in [6.45, 7) is 6.63. The van der Waals surface area contributed by atoms with Gasteiger partial charge >= 0.3 is 5.97 Å². The van der Waals surface area contributed by atoms with E-state index in [4.69, 9.17) is 9.72 Å². The minimum Gasteiger partial charge on any atom is -0.461 e. The van der Waals surface area contributed by atoms with Crippen LogP contribution in [-0.2, 0) is 16.1 Å². The first-order chi connectivity index (χ1) is 12.2. The molecule has 25 heavy (non-hydrogen) atoms. The fourth-order valence-electron chi connectivity index (χ4n) is 3.59. The summed E-state index contributed by atoms with van der Waals surface area (Å²) >= 11 is 1.70. The molecule has 5 nitrogen and oxygen atoms in total. The summed E-state index contributed by atoms with van der Waals surface area (Å²) in [4.78, 5) is 21.4. The topological polar surface area (TPSA) is 45.7 Å². The van der Waals surface area contributed by atoms with Crippen molar-refractivity contribution < 1.29 is 9.53 Å². The molecular formula is C19H23N3O2S. The van der Waals surface area contributed by atoms with Gasteiger partial charge in [-0.15, -0.1) is 11.3 Å². The summed E-state index contributed by atoms with van der Waals surface area (Å²) < 4.78 is 5.29. The van der Waals surface area contributed by atoms with Gasteiger partial charge in [-0.25, -0.2) is 4.98 Å². The zero-order chi connectivity index (χ0) is 17.2. The molecule has 6 heteroatoms. The molecule has 0 radical (unpaired) electrons. The summed E-state index contributed by atoms with van der Waals surface area (Å²) in [6, 6.07) is 10.3. The second-order valence-corrected chi connectivity index (χ2v) is 7.68. The Morgan fingerprint density at radius 3 is 2.64 bits per heavy atom. The second-order valence-electron chi connectivity index (χ2n) is 6.82. The van der Waals surface area contributed by atoms with Crippen LogP contribution in [0.4, 0.5) is 0 Å². The highest BCUT2D eigenvalue weighted by Crippen LogP contribution is 2.25. The highest BCUT2D eigenvalue weighted by atomic mass is 32.1. The van der Waals surface area contributed by atoms with Crippen LogP contribution in [0.3, 0.4) is 0 Å². The van der Waals surface area contributed by atoms with Crippen molar-refractivity contribution in [1.82, 2.24) is 14.8 Å². The summed E-state index contributed by atoms with van der Waals surface area (Å²) in [5.74, 6) is -0.0482. The van der Waals surface area contributed by atoms with Crippen LogP contribution in [0.2, 0.25) is 0 Å². The van der Waals surface area contributed by atoms with Crippen LogP contribution in [-0.4, -0.2) is 59.1 Å². The predicted octanol–water partition coefficient (Wildman–Crippen LogP) is 2.63. The van der Waals surface area contributed by atoms with Gasteiger partial charge in [0.1, 0.15) is 17.2 Å². The molecule has 2 aliphatic rings. The maximum Gasteiger partial charge on any atom is 0.323 e. The number of hydrogen-bond donors (Lipinski definition) is 0. The third-order valence-corrected chi connectivity index (χ3v) is 5.89. The number of cyclic esters (lactones) is 1. The van der Waals surface area contributed by atoms with E-state index >= 15 is 0 Å². The van der Waals surface area contributed by atoms with Crippen LogP contribution in [0.15, 0.2) is 35.7 Å². The Morgan fingerprint density at radius 2 is 1.96 bits per heavy atom. The van der Waals surface area contributed by atoms with Crippen molar-refractivity contribution in [2.75, 3.05) is 26.2 Å². The smallest absolute Gasteiger partial charge is 0.323 e. The molecule has 1 aromatic heterocycles. The number of benzene rings is 1. The van der Waals surface area contributed by atoms with Crippen molar-refractivity contribution >= 4 is 17.3 Å². The molecule has 132 valence electrons. The average molecular weight is 357 g/mol. The Kier molecular flexibility index (Phi) is 4.83. The number of nitrogens with zero attached hydrogens (tertiary/aromatic N) is 3. The lowest BCUT2D eigenvalue weighted by Gasteiger charge is -2.36. The first kappa shape index (κ1) is 16.7. The minimum absolute atomic E-state index is 0.0406. The van der Waals surface area contributed by atoms with Crippen molar-refractivity contribution in [3.05, 3.63) is 41.4 Å². The third-order valence-electron chi connectivity index (χ3n) is 4.95. The van der Waals surface area contributed by atoms with E-state index in [0.29, 0.717) is 0 Å². The molecule has 4 rings (SSSR count). The second kappa shape index (κ2) is 7.23. The summed E-state index contributed by atoms with van der Waals surface area (Å²) in [5, 5.41) is 3.24. The highest BCUT2D eigenvalue weighted by Gasteiger charge is 2.37. The normalized spacial score (nSPS) is 25.2. The van der Waals surface area contributed by atoms with Crippen molar-refractivity contribution in [2.24, 2.45) is 0 Å². The van der Waals surface area contributed by atoms with E-state index in [1.165, 1.54) is 5.56 Å². The molecule has 3 heterocycles. The van der Waals surface area contributed by atoms with E-state index in [1.807, 2.05) is 25.1 Å². The molecule has 0 aliphatic carbocycles. The molecule has 2 aliphatic heterocycles. The number of aromatic nitrogens is 1. The monoisotopic (exact) mass is 357 g/mol. The zero-order valence-electron chi connectivity index (χ0n) is 14.4. The van der Waals surface area contributed by atoms with E-state index in [1.54, 1.807) is 11.3 Å². The van der Waals surface area contributed by atoms with Gasteiger partial charge in [0.05, 0.1) is 5.69 Å². The van der Waals surface area contributed by atoms with Crippen LogP contribution in [0, 0.1) is 0 Å². The van der Waals surface area contributed by atoms with Gasteiger partial charge in [-0.1, -0.05) is 30.3 Å². The fraction of sp³-hybridized carbons (Fsp3) is 0.474.